The molecule has 0 aliphatic carbocycles. The molecule has 1 heterocycles. The van der Waals surface area contributed by atoms with Crippen LogP contribution in [0.25, 0.3) is 0 Å². The van der Waals surface area contributed by atoms with Gasteiger partial charge in [0.05, 0.1) is 5.60 Å². The van der Waals surface area contributed by atoms with Gasteiger partial charge in [0.2, 0.25) is 5.91 Å². The van der Waals surface area contributed by atoms with Crippen molar-refractivity contribution < 1.29 is 9.53 Å². The number of hydrogen-bond donors (Lipinski definition) is 3. The van der Waals surface area contributed by atoms with Crippen molar-refractivity contribution in [2.24, 2.45) is 4.99 Å². The minimum absolute atomic E-state index is 0.0970. The van der Waals surface area contributed by atoms with Gasteiger partial charge in [0.15, 0.2) is 5.96 Å². The zero-order valence-corrected chi connectivity index (χ0v) is 14.6. The number of guanidine groups is 1. The highest BCUT2D eigenvalue weighted by molar-refractivity contribution is 5.84. The van der Waals surface area contributed by atoms with Crippen molar-refractivity contribution in [3.63, 3.8) is 0 Å². The smallest absolute Gasteiger partial charge is 0.242 e. The van der Waals surface area contributed by atoms with Gasteiger partial charge in [-0.05, 0) is 32.3 Å². The Labute approximate surface area is 144 Å². The van der Waals surface area contributed by atoms with Crippen LogP contribution in [0.1, 0.15) is 32.3 Å². The van der Waals surface area contributed by atoms with E-state index in [4.69, 9.17) is 4.74 Å². The molecule has 3 N–H and O–H groups in total. The molecule has 1 unspecified atom stereocenters. The Morgan fingerprint density at radius 2 is 2.04 bits per heavy atom. The zero-order valence-electron chi connectivity index (χ0n) is 14.6. The fraction of sp³-hybridized carbons (Fsp3) is 0.556. The second kappa shape index (κ2) is 9.27. The molecule has 0 radical (unpaired) electrons. The van der Waals surface area contributed by atoms with Crippen molar-refractivity contribution in [1.82, 2.24) is 16.0 Å². The zero-order chi connectivity index (χ0) is 17.3. The van der Waals surface area contributed by atoms with E-state index >= 15 is 0 Å². The van der Waals surface area contributed by atoms with E-state index in [0.717, 1.165) is 31.6 Å². The number of carbonyl (C=O) groups is 1. The topological polar surface area (TPSA) is 74.8 Å². The van der Waals surface area contributed by atoms with Crippen LogP contribution >= 0.6 is 0 Å². The molecule has 1 aromatic carbocycles. The Morgan fingerprint density at radius 3 is 2.71 bits per heavy atom. The van der Waals surface area contributed by atoms with Gasteiger partial charge in [-0.15, -0.1) is 0 Å². The van der Waals surface area contributed by atoms with Gasteiger partial charge in [-0.25, -0.2) is 4.99 Å². The number of nitrogens with one attached hydrogen (secondary N) is 3. The fourth-order valence-electron chi connectivity index (χ4n) is 2.59. The molecular formula is C18H28N4O2. The van der Waals surface area contributed by atoms with Gasteiger partial charge in [0.1, 0.15) is 6.54 Å². The second-order valence-electron chi connectivity index (χ2n) is 6.21. The van der Waals surface area contributed by atoms with E-state index in [-0.39, 0.29) is 18.1 Å². The molecule has 6 nitrogen and oxygen atoms in total. The molecule has 1 atom stereocenters. The third kappa shape index (κ3) is 6.20. The van der Waals surface area contributed by atoms with E-state index in [9.17, 15) is 4.79 Å². The van der Waals surface area contributed by atoms with E-state index in [1.54, 1.807) is 0 Å². The summed E-state index contributed by atoms with van der Waals surface area (Å²) in [6, 6.07) is 9.84. The highest BCUT2D eigenvalue weighted by Gasteiger charge is 2.29. The minimum Gasteiger partial charge on any atom is -0.373 e. The molecule has 1 aliphatic rings. The van der Waals surface area contributed by atoms with Crippen LogP contribution in [0.5, 0.6) is 0 Å². The van der Waals surface area contributed by atoms with Gasteiger partial charge in [0.25, 0.3) is 0 Å². The van der Waals surface area contributed by atoms with Crippen LogP contribution in [0.4, 0.5) is 0 Å². The van der Waals surface area contributed by atoms with Crippen molar-refractivity contribution in [3.8, 4) is 0 Å². The molecule has 0 saturated carbocycles. The minimum atomic E-state index is -0.147. The van der Waals surface area contributed by atoms with Crippen LogP contribution in [0.3, 0.4) is 0 Å². The number of carbonyl (C=O) groups excluding carboxylic acids is 1. The first-order valence-corrected chi connectivity index (χ1v) is 8.58. The monoisotopic (exact) mass is 332 g/mol. The lowest BCUT2D eigenvalue weighted by Gasteiger charge is -2.24. The Hall–Kier alpha value is -2.08. The van der Waals surface area contributed by atoms with Gasteiger partial charge in [0, 0.05) is 26.2 Å². The summed E-state index contributed by atoms with van der Waals surface area (Å²) in [5.74, 6) is 0.545. The van der Waals surface area contributed by atoms with E-state index in [2.05, 4.69) is 27.9 Å². The molecule has 132 valence electrons. The maximum atomic E-state index is 12.0. The summed E-state index contributed by atoms with van der Waals surface area (Å²) in [5.41, 5.74) is 0.928. The van der Waals surface area contributed by atoms with Gasteiger partial charge >= 0.3 is 0 Å². The van der Waals surface area contributed by atoms with Gasteiger partial charge in [-0.3, -0.25) is 4.79 Å². The third-order valence-electron chi connectivity index (χ3n) is 3.99. The van der Waals surface area contributed by atoms with Gasteiger partial charge in [-0.2, -0.15) is 0 Å². The summed E-state index contributed by atoms with van der Waals surface area (Å²) >= 11 is 0. The molecule has 6 heteroatoms. The van der Waals surface area contributed by atoms with Crippen LogP contribution < -0.4 is 16.0 Å². The van der Waals surface area contributed by atoms with Crippen LogP contribution in [-0.4, -0.2) is 43.7 Å². The van der Waals surface area contributed by atoms with Crippen molar-refractivity contribution in [1.29, 1.82) is 0 Å². The molecule has 1 aliphatic heterocycles. The summed E-state index contributed by atoms with van der Waals surface area (Å²) in [4.78, 5) is 16.3. The number of benzene rings is 1. The summed E-state index contributed by atoms with van der Waals surface area (Å²) in [6.07, 6.45) is 2.13. The Bertz CT molecular complexity index is 539. The van der Waals surface area contributed by atoms with Crippen molar-refractivity contribution >= 4 is 11.9 Å². The number of rotatable bonds is 7. The summed E-state index contributed by atoms with van der Waals surface area (Å²) < 4.78 is 5.76. The highest BCUT2D eigenvalue weighted by atomic mass is 16.5. The van der Waals surface area contributed by atoms with E-state index in [0.29, 0.717) is 19.0 Å². The predicted molar refractivity (Wildman–Crippen MR) is 95.9 cm³/mol. The maximum absolute atomic E-state index is 12.0. The molecule has 1 saturated heterocycles. The van der Waals surface area contributed by atoms with Crippen molar-refractivity contribution in [2.75, 3.05) is 26.2 Å². The molecule has 24 heavy (non-hydrogen) atoms. The van der Waals surface area contributed by atoms with E-state index in [1.807, 2.05) is 37.3 Å². The largest absolute Gasteiger partial charge is 0.373 e. The van der Waals surface area contributed by atoms with Crippen LogP contribution in [0, 0.1) is 0 Å². The lowest BCUT2D eigenvalue weighted by atomic mass is 10.0. The SMILES string of the molecule is CCNC(=NCC(=O)NCc1ccccc1)NCC1(C)CCCO1. The predicted octanol–water partition coefficient (Wildman–Crippen LogP) is 1.43. The second-order valence-corrected chi connectivity index (χ2v) is 6.21. The van der Waals surface area contributed by atoms with Crippen molar-refractivity contribution in [2.45, 2.75) is 38.8 Å². The fourth-order valence-corrected chi connectivity index (χ4v) is 2.59. The highest BCUT2D eigenvalue weighted by Crippen LogP contribution is 2.23. The Balaban J connectivity index is 1.77. The van der Waals surface area contributed by atoms with Crippen LogP contribution in [0.2, 0.25) is 0 Å². The van der Waals surface area contributed by atoms with Gasteiger partial charge < -0.3 is 20.7 Å². The molecule has 1 amide bonds. The Morgan fingerprint density at radius 1 is 1.25 bits per heavy atom. The number of aliphatic imine (C=N–C) groups is 1. The lowest BCUT2D eigenvalue weighted by Crippen LogP contribution is -2.46. The molecule has 0 aromatic heterocycles. The number of nitrogens with zero attached hydrogens (tertiary/aromatic N) is 1. The third-order valence-corrected chi connectivity index (χ3v) is 3.99. The molecular weight excluding hydrogens is 304 g/mol. The standard InChI is InChI=1S/C18H28N4O2/c1-3-19-17(22-14-18(2)10-7-11-24-18)21-13-16(23)20-12-15-8-5-4-6-9-15/h4-6,8-9H,3,7,10-14H2,1-2H3,(H,20,23)(H2,19,21,22). The summed E-state index contributed by atoms with van der Waals surface area (Å²) in [6.45, 7) is 6.96. The molecule has 0 spiro atoms. The first-order chi connectivity index (χ1) is 11.6. The number of hydrogen-bond acceptors (Lipinski definition) is 3. The van der Waals surface area contributed by atoms with E-state index < -0.39 is 0 Å². The summed E-state index contributed by atoms with van der Waals surface area (Å²) in [7, 11) is 0. The number of ether oxygens (including phenoxy) is 1. The normalized spacial score (nSPS) is 20.7. The average molecular weight is 332 g/mol. The average Bonchev–Trinajstić information content (AvgIpc) is 3.03. The van der Waals surface area contributed by atoms with Gasteiger partial charge in [-0.1, -0.05) is 30.3 Å². The first kappa shape index (κ1) is 18.3. The maximum Gasteiger partial charge on any atom is 0.242 e. The molecule has 1 fully saturated rings. The number of amides is 1. The van der Waals surface area contributed by atoms with E-state index in [1.165, 1.54) is 0 Å². The molecule has 0 bridgehead atoms. The van der Waals surface area contributed by atoms with Crippen LogP contribution in [-0.2, 0) is 16.1 Å². The lowest BCUT2D eigenvalue weighted by molar-refractivity contribution is -0.119. The molecule has 1 aromatic rings. The van der Waals surface area contributed by atoms with Crippen LogP contribution in [0.15, 0.2) is 35.3 Å². The Kier molecular flexibility index (Phi) is 7.06. The first-order valence-electron chi connectivity index (χ1n) is 8.58. The summed E-state index contributed by atoms with van der Waals surface area (Å²) in [5, 5.41) is 9.30. The van der Waals surface area contributed by atoms with Crippen molar-refractivity contribution in [3.05, 3.63) is 35.9 Å². The quantitative estimate of drug-likeness (QED) is 0.522. The molecule has 2 rings (SSSR count).